The number of benzene rings is 4. The van der Waals surface area contributed by atoms with Crippen LogP contribution in [0.25, 0.3) is 40.0 Å². The van der Waals surface area contributed by atoms with E-state index in [4.69, 9.17) is 21.1 Å². The minimum atomic E-state index is -0.0981. The number of halogens is 1. The van der Waals surface area contributed by atoms with E-state index in [1.807, 2.05) is 108 Å². The van der Waals surface area contributed by atoms with Gasteiger partial charge in [0.15, 0.2) is 5.78 Å². The van der Waals surface area contributed by atoms with Crippen LogP contribution < -0.4 is 0 Å². The van der Waals surface area contributed by atoms with Crippen LogP contribution in [0.5, 0.6) is 0 Å². The topological polar surface area (TPSA) is 73.8 Å². The summed E-state index contributed by atoms with van der Waals surface area (Å²) >= 11 is 6.05. The van der Waals surface area contributed by atoms with E-state index in [1.54, 1.807) is 24.3 Å². The van der Waals surface area contributed by atoms with Crippen molar-refractivity contribution in [1.82, 2.24) is 20.0 Å². The van der Waals surface area contributed by atoms with Gasteiger partial charge in [-0.2, -0.15) is 5.10 Å². The van der Waals surface area contributed by atoms with Crippen LogP contribution >= 0.6 is 11.6 Å². The van der Waals surface area contributed by atoms with Crippen molar-refractivity contribution >= 4 is 29.0 Å². The van der Waals surface area contributed by atoms with Crippen molar-refractivity contribution in [3.8, 4) is 28.4 Å². The molecule has 6 rings (SSSR count). The fourth-order valence-electron chi connectivity index (χ4n) is 4.36. The molecule has 0 aliphatic heterocycles. The number of hydrogen-bond acceptors (Lipinski definition) is 5. The first-order valence-corrected chi connectivity index (χ1v) is 13.1. The van der Waals surface area contributed by atoms with Gasteiger partial charge in [-0.15, -0.1) is 10.2 Å². The lowest BCUT2D eigenvalue weighted by Crippen LogP contribution is -2.01. The van der Waals surface area contributed by atoms with Gasteiger partial charge in [-0.05, 0) is 54.6 Å². The Morgan fingerprint density at radius 2 is 1.40 bits per heavy atom. The van der Waals surface area contributed by atoms with Crippen LogP contribution in [0, 0.1) is 0 Å². The van der Waals surface area contributed by atoms with E-state index in [-0.39, 0.29) is 18.1 Å². The number of ketones is 1. The van der Waals surface area contributed by atoms with Crippen LogP contribution in [0.1, 0.15) is 28.2 Å². The normalized spacial score (nSPS) is 11.5. The first-order chi connectivity index (χ1) is 19.6. The molecule has 0 amide bonds. The lowest BCUT2D eigenvalue weighted by Gasteiger charge is -2.05. The predicted molar refractivity (Wildman–Crippen MR) is 157 cm³/mol. The molecule has 7 heteroatoms. The molecule has 0 aliphatic rings. The lowest BCUT2D eigenvalue weighted by atomic mass is 10.00. The molecule has 0 saturated heterocycles. The second kappa shape index (κ2) is 11.4. The fraction of sp³-hybridized carbons (Fsp3) is 0.0303. The average molecular weight is 543 g/mol. The van der Waals surface area contributed by atoms with Gasteiger partial charge in [0.25, 0.3) is 0 Å². The summed E-state index contributed by atoms with van der Waals surface area (Å²) in [5.74, 6) is 0.551. The molecule has 0 unspecified atom stereocenters. The first-order valence-electron chi connectivity index (χ1n) is 12.7. The van der Waals surface area contributed by atoms with Crippen LogP contribution in [0.3, 0.4) is 0 Å². The van der Waals surface area contributed by atoms with E-state index in [1.165, 1.54) is 0 Å². The van der Waals surface area contributed by atoms with Crippen LogP contribution in [0.15, 0.2) is 126 Å². The molecule has 0 spiro atoms. The Bertz CT molecular complexity index is 1780. The molecular weight excluding hydrogens is 520 g/mol. The van der Waals surface area contributed by atoms with Crippen LogP contribution in [-0.2, 0) is 0 Å². The number of hydrogen-bond donors (Lipinski definition) is 0. The predicted octanol–water partition coefficient (Wildman–Crippen LogP) is 8.06. The monoisotopic (exact) mass is 542 g/mol. The first kappa shape index (κ1) is 25.2. The molecule has 0 fully saturated rings. The maximum atomic E-state index is 13.4. The van der Waals surface area contributed by atoms with Crippen LogP contribution in [0.2, 0.25) is 5.02 Å². The van der Waals surface area contributed by atoms with E-state index in [2.05, 4.69) is 10.2 Å². The Hall–Kier alpha value is -5.07. The number of carbonyl (C=O) groups is 1. The lowest BCUT2D eigenvalue weighted by molar-refractivity contribution is 0.0998. The zero-order valence-corrected chi connectivity index (χ0v) is 22.1. The highest BCUT2D eigenvalue weighted by molar-refractivity contribution is 6.30. The summed E-state index contributed by atoms with van der Waals surface area (Å²) in [7, 11) is 0. The van der Waals surface area contributed by atoms with Crippen molar-refractivity contribution in [2.45, 2.75) is 6.42 Å². The molecule has 6 aromatic rings. The van der Waals surface area contributed by atoms with Gasteiger partial charge in [0.1, 0.15) is 0 Å². The second-order valence-electron chi connectivity index (χ2n) is 9.13. The highest BCUT2D eigenvalue weighted by atomic mass is 35.5. The van der Waals surface area contributed by atoms with Gasteiger partial charge >= 0.3 is 0 Å². The molecule has 0 radical (unpaired) electrons. The Morgan fingerprint density at radius 1 is 0.775 bits per heavy atom. The van der Waals surface area contributed by atoms with Gasteiger partial charge in [0.05, 0.1) is 11.4 Å². The third-order valence-corrected chi connectivity index (χ3v) is 6.63. The molecule has 194 valence electrons. The van der Waals surface area contributed by atoms with Gasteiger partial charge in [-0.25, -0.2) is 4.68 Å². The minimum Gasteiger partial charge on any atom is -0.416 e. The summed E-state index contributed by atoms with van der Waals surface area (Å²) in [5, 5.41) is 14.1. The summed E-state index contributed by atoms with van der Waals surface area (Å²) < 4.78 is 7.94. The van der Waals surface area contributed by atoms with E-state index in [0.717, 1.165) is 28.1 Å². The van der Waals surface area contributed by atoms with Gasteiger partial charge in [0, 0.05) is 45.5 Å². The number of carbonyl (C=O) groups excluding carboxylic acids is 1. The average Bonchev–Trinajstić information content (AvgIpc) is 3.67. The molecule has 2 heterocycles. The number of para-hydroxylation sites is 1. The number of allylic oxidation sites excluding steroid dienone is 1. The summed E-state index contributed by atoms with van der Waals surface area (Å²) in [6.07, 6.45) is 3.90. The quantitative estimate of drug-likeness (QED) is 0.182. The third-order valence-electron chi connectivity index (χ3n) is 6.38. The number of nitrogens with zero attached hydrogens (tertiary/aromatic N) is 4. The maximum absolute atomic E-state index is 13.4. The third kappa shape index (κ3) is 5.53. The molecule has 0 aliphatic carbocycles. The SMILES string of the molecule is O=C(C/C(=C\c1cn(-c2ccccc2)nc1-c1ccccc1)c1nnc(-c2ccccc2)o1)c1ccc(Cl)cc1. The Morgan fingerprint density at radius 3 is 2.08 bits per heavy atom. The molecule has 0 saturated carbocycles. The van der Waals surface area contributed by atoms with Crippen molar-refractivity contribution < 1.29 is 9.21 Å². The van der Waals surface area contributed by atoms with Crippen molar-refractivity contribution in [3.05, 3.63) is 143 Å². The second-order valence-corrected chi connectivity index (χ2v) is 9.57. The van der Waals surface area contributed by atoms with Crippen molar-refractivity contribution in [2.75, 3.05) is 0 Å². The fourth-order valence-corrected chi connectivity index (χ4v) is 4.49. The summed E-state index contributed by atoms with van der Waals surface area (Å²) in [6.45, 7) is 0. The standard InChI is InChI=1S/C33H23ClN4O2/c34-28-18-16-23(17-19-28)30(39)21-26(33-36-35-32(40-33)25-12-6-2-7-13-25)20-27-22-38(29-14-8-3-9-15-29)37-31(27)24-10-4-1-5-11-24/h1-20,22H,21H2/b26-20+. The van der Waals surface area contributed by atoms with Gasteiger partial charge < -0.3 is 4.42 Å². The Balaban J connectivity index is 1.47. The van der Waals surface area contributed by atoms with Crippen LogP contribution in [0.4, 0.5) is 0 Å². The molecule has 2 aromatic heterocycles. The molecule has 4 aromatic carbocycles. The summed E-state index contributed by atoms with van der Waals surface area (Å²) in [4.78, 5) is 13.4. The van der Waals surface area contributed by atoms with E-state index in [0.29, 0.717) is 22.0 Å². The van der Waals surface area contributed by atoms with E-state index < -0.39 is 0 Å². The van der Waals surface area contributed by atoms with Gasteiger partial charge in [-0.3, -0.25) is 4.79 Å². The molecular formula is C33H23ClN4O2. The van der Waals surface area contributed by atoms with Gasteiger partial charge in [0.2, 0.25) is 11.8 Å². The smallest absolute Gasteiger partial charge is 0.248 e. The summed E-state index contributed by atoms with van der Waals surface area (Å²) in [5.41, 5.74) is 5.37. The minimum absolute atomic E-state index is 0.0444. The Labute approximate surface area is 236 Å². The molecule has 0 atom stereocenters. The molecule has 6 nitrogen and oxygen atoms in total. The van der Waals surface area contributed by atoms with E-state index in [9.17, 15) is 4.79 Å². The Kier molecular flexibility index (Phi) is 7.16. The zero-order valence-electron chi connectivity index (χ0n) is 21.3. The van der Waals surface area contributed by atoms with Crippen molar-refractivity contribution in [2.24, 2.45) is 0 Å². The van der Waals surface area contributed by atoms with Crippen LogP contribution in [-0.4, -0.2) is 25.8 Å². The highest BCUT2D eigenvalue weighted by Crippen LogP contribution is 2.31. The molecule has 0 N–H and O–H groups in total. The number of Topliss-reactive ketones (excluding diaryl/α,β-unsaturated/α-hetero) is 1. The largest absolute Gasteiger partial charge is 0.416 e. The zero-order chi connectivity index (χ0) is 27.3. The van der Waals surface area contributed by atoms with Gasteiger partial charge in [-0.1, -0.05) is 78.3 Å². The number of rotatable bonds is 8. The summed E-state index contributed by atoms with van der Waals surface area (Å²) in [6, 6.07) is 36.2. The van der Waals surface area contributed by atoms with Crippen molar-refractivity contribution in [1.29, 1.82) is 0 Å². The highest BCUT2D eigenvalue weighted by Gasteiger charge is 2.20. The van der Waals surface area contributed by atoms with Crippen molar-refractivity contribution in [3.63, 3.8) is 0 Å². The molecule has 40 heavy (non-hydrogen) atoms. The van der Waals surface area contributed by atoms with E-state index >= 15 is 0 Å². The maximum Gasteiger partial charge on any atom is 0.248 e. The number of aromatic nitrogens is 4. The molecule has 0 bridgehead atoms.